The van der Waals surface area contributed by atoms with E-state index in [2.05, 4.69) is 27.7 Å². The molecule has 0 bridgehead atoms. The molecule has 0 fully saturated rings. The Kier molecular flexibility index (Phi) is 16.2. The van der Waals surface area contributed by atoms with E-state index < -0.39 is 0 Å². The molecular weight excluding hydrogens is 310 g/mol. The van der Waals surface area contributed by atoms with Crippen molar-refractivity contribution < 1.29 is 9.53 Å². The van der Waals surface area contributed by atoms with Crippen molar-refractivity contribution in [3.8, 4) is 0 Å². The molecule has 150 valence electrons. The molecule has 1 amide bonds. The highest BCUT2D eigenvalue weighted by Crippen LogP contribution is 2.19. The zero-order valence-corrected chi connectivity index (χ0v) is 17.8. The third-order valence-electron chi connectivity index (χ3n) is 4.83. The lowest BCUT2D eigenvalue weighted by Crippen LogP contribution is -2.32. The van der Waals surface area contributed by atoms with Gasteiger partial charge in [-0.25, -0.2) is 4.79 Å². The second-order valence-electron chi connectivity index (χ2n) is 8.12. The topological polar surface area (TPSA) is 29.5 Å². The van der Waals surface area contributed by atoms with Crippen LogP contribution in [0.25, 0.3) is 0 Å². The fourth-order valence-electron chi connectivity index (χ4n) is 3.31. The van der Waals surface area contributed by atoms with Gasteiger partial charge < -0.3 is 9.64 Å². The summed E-state index contributed by atoms with van der Waals surface area (Å²) in [6, 6.07) is 0. The Morgan fingerprint density at radius 2 is 1.32 bits per heavy atom. The highest BCUT2D eigenvalue weighted by molar-refractivity contribution is 5.67. The lowest BCUT2D eigenvalue weighted by atomic mass is 9.95. The van der Waals surface area contributed by atoms with E-state index in [4.69, 9.17) is 4.74 Å². The van der Waals surface area contributed by atoms with Crippen LogP contribution in [-0.2, 0) is 4.74 Å². The van der Waals surface area contributed by atoms with E-state index in [1.807, 2.05) is 7.05 Å². The van der Waals surface area contributed by atoms with Crippen LogP contribution in [0.2, 0.25) is 0 Å². The molecule has 3 heteroatoms. The van der Waals surface area contributed by atoms with Gasteiger partial charge in [-0.15, -0.1) is 0 Å². The predicted molar refractivity (Wildman–Crippen MR) is 109 cm³/mol. The van der Waals surface area contributed by atoms with Crippen LogP contribution in [0.4, 0.5) is 4.79 Å². The second-order valence-corrected chi connectivity index (χ2v) is 8.12. The van der Waals surface area contributed by atoms with Gasteiger partial charge in [0, 0.05) is 13.6 Å². The molecule has 0 radical (unpaired) electrons. The molecule has 0 rings (SSSR count). The zero-order chi connectivity index (χ0) is 18.9. The SMILES string of the molecule is CCCCCCCC(CCCCCCC)COC(=O)N(C)CC(C)C. The molecule has 0 aromatic carbocycles. The molecular formula is C22H45NO2. The average molecular weight is 356 g/mol. The first-order chi connectivity index (χ1) is 12.0. The maximum atomic E-state index is 12.1. The summed E-state index contributed by atoms with van der Waals surface area (Å²) < 4.78 is 5.61. The number of hydrogen-bond acceptors (Lipinski definition) is 2. The third kappa shape index (κ3) is 15.3. The molecule has 0 aromatic rings. The van der Waals surface area contributed by atoms with Gasteiger partial charge in [-0.05, 0) is 24.7 Å². The molecule has 3 nitrogen and oxygen atoms in total. The van der Waals surface area contributed by atoms with Crippen LogP contribution < -0.4 is 0 Å². The van der Waals surface area contributed by atoms with E-state index in [0.717, 1.165) is 6.54 Å². The summed E-state index contributed by atoms with van der Waals surface area (Å²) in [5.74, 6) is 1.02. The van der Waals surface area contributed by atoms with Gasteiger partial charge >= 0.3 is 6.09 Å². The lowest BCUT2D eigenvalue weighted by molar-refractivity contribution is 0.0874. The van der Waals surface area contributed by atoms with E-state index in [1.54, 1.807) is 4.90 Å². The summed E-state index contributed by atoms with van der Waals surface area (Å²) in [7, 11) is 1.84. The van der Waals surface area contributed by atoms with Crippen molar-refractivity contribution in [3.05, 3.63) is 0 Å². The predicted octanol–water partition coefficient (Wildman–Crippen LogP) is 7.05. The first kappa shape index (κ1) is 24.3. The fraction of sp³-hybridized carbons (Fsp3) is 0.955. The number of carbonyl (C=O) groups is 1. The van der Waals surface area contributed by atoms with Gasteiger partial charge in [0.15, 0.2) is 0 Å². The van der Waals surface area contributed by atoms with Gasteiger partial charge in [0.05, 0.1) is 6.61 Å². The van der Waals surface area contributed by atoms with Crippen molar-refractivity contribution >= 4 is 6.09 Å². The van der Waals surface area contributed by atoms with Gasteiger partial charge in [-0.2, -0.15) is 0 Å². The molecule has 0 N–H and O–H groups in total. The Morgan fingerprint density at radius 1 is 0.840 bits per heavy atom. The summed E-state index contributed by atoms with van der Waals surface area (Å²) in [5.41, 5.74) is 0. The largest absolute Gasteiger partial charge is 0.449 e. The van der Waals surface area contributed by atoms with Crippen molar-refractivity contribution in [2.45, 2.75) is 105 Å². The van der Waals surface area contributed by atoms with E-state index in [1.165, 1.54) is 77.0 Å². The number of amides is 1. The molecule has 0 saturated heterocycles. The van der Waals surface area contributed by atoms with Gasteiger partial charge in [-0.1, -0.05) is 91.9 Å². The Balaban J connectivity index is 4.14. The standard InChI is InChI=1S/C22H45NO2/c1-6-8-10-12-14-16-21(17-15-13-11-9-7-2)19-25-22(24)23(5)18-20(3)4/h20-21H,6-19H2,1-5H3. The van der Waals surface area contributed by atoms with E-state index in [0.29, 0.717) is 18.4 Å². The average Bonchev–Trinajstić information content (AvgIpc) is 2.57. The van der Waals surface area contributed by atoms with Gasteiger partial charge in [0.25, 0.3) is 0 Å². The number of ether oxygens (including phenoxy) is 1. The molecule has 0 aromatic heterocycles. The van der Waals surface area contributed by atoms with Crippen molar-refractivity contribution in [2.75, 3.05) is 20.2 Å². The first-order valence-electron chi connectivity index (χ1n) is 10.9. The molecule has 0 spiro atoms. The number of rotatable bonds is 16. The molecule has 0 heterocycles. The van der Waals surface area contributed by atoms with Crippen LogP contribution in [0.1, 0.15) is 105 Å². The van der Waals surface area contributed by atoms with Crippen LogP contribution in [0, 0.1) is 11.8 Å². The summed E-state index contributed by atoms with van der Waals surface area (Å²) in [6.07, 6.45) is 15.4. The maximum absolute atomic E-state index is 12.1. The van der Waals surface area contributed by atoms with Crippen LogP contribution in [0.3, 0.4) is 0 Å². The zero-order valence-electron chi connectivity index (χ0n) is 17.8. The lowest BCUT2D eigenvalue weighted by Gasteiger charge is -2.22. The summed E-state index contributed by atoms with van der Waals surface area (Å²) in [4.78, 5) is 13.8. The first-order valence-corrected chi connectivity index (χ1v) is 10.9. The van der Waals surface area contributed by atoms with Gasteiger partial charge in [-0.3, -0.25) is 0 Å². The Labute approximate surface area is 157 Å². The molecule has 0 aliphatic rings. The van der Waals surface area contributed by atoms with E-state index in [-0.39, 0.29) is 6.09 Å². The van der Waals surface area contributed by atoms with E-state index in [9.17, 15) is 4.79 Å². The number of hydrogen-bond donors (Lipinski definition) is 0. The third-order valence-corrected chi connectivity index (χ3v) is 4.83. The number of carbonyl (C=O) groups excluding carboxylic acids is 1. The second kappa shape index (κ2) is 16.7. The molecule has 25 heavy (non-hydrogen) atoms. The quantitative estimate of drug-likeness (QED) is 0.278. The molecule has 0 aliphatic heterocycles. The van der Waals surface area contributed by atoms with Crippen molar-refractivity contribution in [1.29, 1.82) is 0 Å². The maximum Gasteiger partial charge on any atom is 0.409 e. The Morgan fingerprint density at radius 3 is 1.76 bits per heavy atom. The molecule has 0 aliphatic carbocycles. The summed E-state index contributed by atoms with van der Waals surface area (Å²) >= 11 is 0. The monoisotopic (exact) mass is 355 g/mol. The number of nitrogens with zero attached hydrogens (tertiary/aromatic N) is 1. The summed E-state index contributed by atoms with van der Waals surface area (Å²) in [5, 5.41) is 0. The van der Waals surface area contributed by atoms with Crippen LogP contribution in [0.15, 0.2) is 0 Å². The minimum atomic E-state index is -0.157. The molecule has 0 unspecified atom stereocenters. The normalized spacial score (nSPS) is 11.3. The van der Waals surface area contributed by atoms with E-state index >= 15 is 0 Å². The van der Waals surface area contributed by atoms with Gasteiger partial charge in [0.2, 0.25) is 0 Å². The van der Waals surface area contributed by atoms with Crippen LogP contribution >= 0.6 is 0 Å². The van der Waals surface area contributed by atoms with Crippen LogP contribution in [0.5, 0.6) is 0 Å². The molecule has 0 saturated carbocycles. The summed E-state index contributed by atoms with van der Waals surface area (Å²) in [6.45, 7) is 10.1. The minimum absolute atomic E-state index is 0.157. The van der Waals surface area contributed by atoms with Gasteiger partial charge in [0.1, 0.15) is 0 Å². The van der Waals surface area contributed by atoms with Crippen LogP contribution in [-0.4, -0.2) is 31.2 Å². The van der Waals surface area contributed by atoms with Crippen molar-refractivity contribution in [1.82, 2.24) is 4.90 Å². The minimum Gasteiger partial charge on any atom is -0.449 e. The smallest absolute Gasteiger partial charge is 0.409 e. The number of unbranched alkanes of at least 4 members (excludes halogenated alkanes) is 8. The van der Waals surface area contributed by atoms with Crippen molar-refractivity contribution in [2.24, 2.45) is 11.8 Å². The highest BCUT2D eigenvalue weighted by Gasteiger charge is 2.15. The van der Waals surface area contributed by atoms with Crippen molar-refractivity contribution in [3.63, 3.8) is 0 Å². The Hall–Kier alpha value is -0.730. The highest BCUT2D eigenvalue weighted by atomic mass is 16.6. The fourth-order valence-corrected chi connectivity index (χ4v) is 3.31. The Bertz CT molecular complexity index is 290. The molecule has 0 atom stereocenters.